The highest BCUT2D eigenvalue weighted by Gasteiger charge is 2.66. The number of carbonyl (C=O) groups is 1. The Labute approximate surface area is 154 Å². The van der Waals surface area contributed by atoms with Crippen molar-refractivity contribution < 1.29 is 14.0 Å². The van der Waals surface area contributed by atoms with E-state index in [1.807, 2.05) is 0 Å². The number of carbonyl (C=O) groups excluding carboxylic acids is 1. The van der Waals surface area contributed by atoms with Gasteiger partial charge in [0.05, 0.1) is 27.2 Å². The quantitative estimate of drug-likeness (QED) is 0.512. The molecular formula is C22H27N2O2+. The highest BCUT2D eigenvalue weighted by Crippen LogP contribution is 2.55. The number of piperidine rings is 1. The first-order chi connectivity index (χ1) is 12.5. The Balaban J connectivity index is 1.86. The summed E-state index contributed by atoms with van der Waals surface area (Å²) in [6, 6.07) is 8.65. The topological polar surface area (TPSA) is 42.1 Å². The van der Waals surface area contributed by atoms with Crippen LogP contribution in [0.1, 0.15) is 31.0 Å². The summed E-state index contributed by atoms with van der Waals surface area (Å²) in [5.41, 5.74) is 4.45. The van der Waals surface area contributed by atoms with E-state index in [9.17, 15) is 4.79 Å². The summed E-state index contributed by atoms with van der Waals surface area (Å²) in [4.78, 5) is 17.1. The summed E-state index contributed by atoms with van der Waals surface area (Å²) in [5, 5.41) is 1.27. The Morgan fingerprint density at radius 3 is 2.96 bits per heavy atom. The number of H-pyrrole nitrogens is 1. The molecule has 4 atom stereocenters. The predicted octanol–water partition coefficient (Wildman–Crippen LogP) is 3.32. The Morgan fingerprint density at radius 2 is 2.19 bits per heavy atom. The molecule has 1 N–H and O–H groups in total. The lowest BCUT2D eigenvalue weighted by atomic mass is 9.59. The minimum absolute atomic E-state index is 0.0645. The average molecular weight is 351 g/mol. The molecule has 4 aliphatic rings. The summed E-state index contributed by atoms with van der Waals surface area (Å²) in [6.45, 7) is 4.43. The molecule has 0 radical (unpaired) electrons. The van der Waals surface area contributed by atoms with Crippen LogP contribution in [-0.2, 0) is 21.4 Å². The minimum atomic E-state index is -0.586. The van der Waals surface area contributed by atoms with Crippen LogP contribution in [0.5, 0.6) is 0 Å². The van der Waals surface area contributed by atoms with E-state index < -0.39 is 5.41 Å². The molecule has 3 aliphatic heterocycles. The van der Waals surface area contributed by atoms with Crippen molar-refractivity contribution in [3.63, 3.8) is 0 Å². The van der Waals surface area contributed by atoms with Crippen molar-refractivity contribution in [3.8, 4) is 0 Å². The molecule has 0 unspecified atom stereocenters. The van der Waals surface area contributed by atoms with Crippen molar-refractivity contribution in [2.75, 3.05) is 27.2 Å². The molecule has 0 saturated carbocycles. The number of ether oxygens (including phenoxy) is 1. The number of aromatic nitrogens is 1. The number of nitrogens with zero attached hydrogens (tertiary/aromatic N) is 1. The molecule has 0 amide bonds. The number of nitrogens with one attached hydrogen (secondary N) is 1. The fraction of sp³-hybridized carbons (Fsp3) is 0.500. The van der Waals surface area contributed by atoms with Crippen LogP contribution in [0.2, 0.25) is 0 Å². The zero-order valence-electron chi connectivity index (χ0n) is 15.8. The van der Waals surface area contributed by atoms with E-state index >= 15 is 0 Å². The SMILES string of the molecule is CCC1=C[C@H]2C[C@@]3(C(=O)OC)c4[nH]c5ccccc5c4CC[N@@+](C)(C2)[C@@H]13. The molecule has 0 spiro atoms. The summed E-state index contributed by atoms with van der Waals surface area (Å²) in [7, 11) is 3.90. The second-order valence-electron chi connectivity index (χ2n) is 8.58. The van der Waals surface area contributed by atoms with Crippen molar-refractivity contribution >= 4 is 16.9 Å². The van der Waals surface area contributed by atoms with Crippen molar-refractivity contribution in [3.05, 3.63) is 47.2 Å². The molecule has 26 heavy (non-hydrogen) atoms. The summed E-state index contributed by atoms with van der Waals surface area (Å²) in [6.07, 6.45) is 5.33. The lowest BCUT2D eigenvalue weighted by Crippen LogP contribution is -2.71. The van der Waals surface area contributed by atoms with E-state index in [-0.39, 0.29) is 12.0 Å². The number of esters is 1. The number of para-hydroxylation sites is 1. The van der Waals surface area contributed by atoms with Crippen molar-refractivity contribution in [1.29, 1.82) is 0 Å². The smallest absolute Gasteiger partial charge is 0.324 e. The molecule has 4 bridgehead atoms. The van der Waals surface area contributed by atoms with E-state index in [1.54, 1.807) is 7.11 Å². The van der Waals surface area contributed by atoms with Gasteiger partial charge in [0, 0.05) is 28.9 Å². The van der Waals surface area contributed by atoms with Crippen LogP contribution in [0.4, 0.5) is 0 Å². The van der Waals surface area contributed by atoms with E-state index in [2.05, 4.69) is 49.3 Å². The lowest BCUT2D eigenvalue weighted by molar-refractivity contribution is -0.941. The van der Waals surface area contributed by atoms with Gasteiger partial charge in [-0.15, -0.1) is 0 Å². The number of quaternary nitrogens is 1. The fourth-order valence-electron chi connectivity index (χ4n) is 6.44. The normalized spacial score (nSPS) is 35.0. The fourth-order valence-corrected chi connectivity index (χ4v) is 6.44. The summed E-state index contributed by atoms with van der Waals surface area (Å²) >= 11 is 0. The molecule has 2 aromatic rings. The van der Waals surface area contributed by atoms with Crippen molar-refractivity contribution in [2.45, 2.75) is 37.6 Å². The van der Waals surface area contributed by atoms with Gasteiger partial charge < -0.3 is 14.2 Å². The standard InChI is InChI=1S/C22H27N2O2/c1-4-15-11-14-12-22(21(25)26-3)19-17(9-10-24(2,13-14)20(15)22)16-7-5-6-8-18(16)23-19/h5-8,11,14,20,23H,4,9-10,12-13H2,1-3H3/q+1/t14-,20-,22+,24-/m0/s1. The number of hydrogen-bond acceptors (Lipinski definition) is 2. The predicted molar refractivity (Wildman–Crippen MR) is 102 cm³/mol. The Hall–Kier alpha value is -2.07. The molecule has 1 aromatic heterocycles. The Morgan fingerprint density at radius 1 is 1.38 bits per heavy atom. The average Bonchev–Trinajstić information content (AvgIpc) is 3.00. The Bertz CT molecular complexity index is 943. The van der Waals surface area contributed by atoms with E-state index in [4.69, 9.17) is 4.74 Å². The zero-order chi connectivity index (χ0) is 18.1. The molecule has 6 rings (SSSR count). The monoisotopic (exact) mass is 351 g/mol. The van der Waals surface area contributed by atoms with Gasteiger partial charge in [-0.3, -0.25) is 4.79 Å². The highest BCUT2D eigenvalue weighted by molar-refractivity contribution is 5.92. The number of hydrogen-bond donors (Lipinski definition) is 1. The van der Waals surface area contributed by atoms with Crippen LogP contribution in [0.3, 0.4) is 0 Å². The van der Waals surface area contributed by atoms with Crippen LogP contribution in [0, 0.1) is 5.92 Å². The lowest BCUT2D eigenvalue weighted by Gasteiger charge is -2.57. The maximum absolute atomic E-state index is 13.4. The van der Waals surface area contributed by atoms with Gasteiger partial charge >= 0.3 is 5.97 Å². The molecule has 1 aromatic carbocycles. The van der Waals surface area contributed by atoms with Gasteiger partial charge in [0.15, 0.2) is 5.41 Å². The third-order valence-corrected chi connectivity index (χ3v) is 7.22. The van der Waals surface area contributed by atoms with Gasteiger partial charge in [0.2, 0.25) is 0 Å². The Kier molecular flexibility index (Phi) is 3.24. The third-order valence-electron chi connectivity index (χ3n) is 7.22. The van der Waals surface area contributed by atoms with Gasteiger partial charge in [-0.2, -0.15) is 0 Å². The van der Waals surface area contributed by atoms with E-state index in [0.29, 0.717) is 5.92 Å². The van der Waals surface area contributed by atoms with Gasteiger partial charge in [0.1, 0.15) is 6.04 Å². The highest BCUT2D eigenvalue weighted by atomic mass is 16.5. The van der Waals surface area contributed by atoms with Gasteiger partial charge in [0.25, 0.3) is 0 Å². The number of methoxy groups -OCH3 is 1. The van der Waals surface area contributed by atoms with Crippen molar-refractivity contribution in [2.24, 2.45) is 5.92 Å². The van der Waals surface area contributed by atoms with Crippen LogP contribution in [0.15, 0.2) is 35.9 Å². The molecule has 136 valence electrons. The van der Waals surface area contributed by atoms with Gasteiger partial charge in [-0.25, -0.2) is 0 Å². The van der Waals surface area contributed by atoms with Crippen LogP contribution >= 0.6 is 0 Å². The van der Waals surface area contributed by atoms with Crippen LogP contribution in [0.25, 0.3) is 10.9 Å². The third kappa shape index (κ3) is 1.81. The van der Waals surface area contributed by atoms with E-state index in [0.717, 1.165) is 48.0 Å². The summed E-state index contributed by atoms with van der Waals surface area (Å²) < 4.78 is 6.42. The number of benzene rings is 1. The number of rotatable bonds is 2. The van der Waals surface area contributed by atoms with Crippen LogP contribution < -0.4 is 0 Å². The first-order valence-corrected chi connectivity index (χ1v) is 9.77. The zero-order valence-corrected chi connectivity index (χ0v) is 15.8. The molecule has 1 saturated heterocycles. The molecular weight excluding hydrogens is 324 g/mol. The van der Waals surface area contributed by atoms with Crippen molar-refractivity contribution in [1.82, 2.24) is 4.98 Å². The maximum Gasteiger partial charge on any atom is 0.324 e. The molecule has 1 aliphatic carbocycles. The first kappa shape index (κ1) is 16.1. The molecule has 4 heteroatoms. The number of fused-ring (bicyclic) bond motifs is 3. The van der Waals surface area contributed by atoms with E-state index in [1.165, 1.54) is 16.5 Å². The maximum atomic E-state index is 13.4. The second kappa shape index (κ2) is 5.23. The first-order valence-electron chi connectivity index (χ1n) is 9.77. The summed E-state index contributed by atoms with van der Waals surface area (Å²) in [5.74, 6) is 0.377. The number of aromatic amines is 1. The van der Waals surface area contributed by atoms with Gasteiger partial charge in [-0.05, 0) is 30.0 Å². The van der Waals surface area contributed by atoms with Crippen LogP contribution in [-0.4, -0.2) is 48.7 Å². The minimum Gasteiger partial charge on any atom is -0.468 e. The molecule has 4 nitrogen and oxygen atoms in total. The second-order valence-corrected chi connectivity index (χ2v) is 8.58. The molecule has 4 heterocycles. The largest absolute Gasteiger partial charge is 0.468 e. The number of likely N-dealkylation sites (N-methyl/N-ethyl adjacent to an activating group) is 1. The molecule has 1 fully saturated rings. The van der Waals surface area contributed by atoms with Gasteiger partial charge in [-0.1, -0.05) is 31.2 Å².